The largest absolute Gasteiger partial charge is 0.462 e. The van der Waals surface area contributed by atoms with Gasteiger partial charge < -0.3 is 48.8 Å². The number of halogens is 1. The molecule has 4 atom stereocenters. The van der Waals surface area contributed by atoms with Gasteiger partial charge in [0.2, 0.25) is 0 Å². The lowest BCUT2D eigenvalue weighted by Crippen LogP contribution is -2.56. The number of ether oxygens (including phenoxy) is 3. The predicted octanol–water partition coefficient (Wildman–Crippen LogP) is 6.72. The van der Waals surface area contributed by atoms with Crippen molar-refractivity contribution in [3.63, 3.8) is 0 Å². The number of carbonyl (C=O) groups is 3. The van der Waals surface area contributed by atoms with Crippen LogP contribution in [-0.2, 0) is 57.2 Å². The van der Waals surface area contributed by atoms with Gasteiger partial charge >= 0.3 is 18.1 Å². The van der Waals surface area contributed by atoms with Crippen LogP contribution in [0.4, 0.5) is 20.7 Å². The van der Waals surface area contributed by atoms with Crippen LogP contribution < -0.4 is 25.4 Å². The summed E-state index contributed by atoms with van der Waals surface area (Å²) in [6.45, 7) is 12.6. The number of esters is 1. The molecule has 19 heteroatoms. The fourth-order valence-corrected chi connectivity index (χ4v) is 12.9. The number of likely N-dealkylation sites (tertiary alicyclic amines) is 1. The Morgan fingerprint density at radius 2 is 1.78 bits per heavy atom. The highest BCUT2D eigenvalue weighted by molar-refractivity contribution is 5.97. The summed E-state index contributed by atoms with van der Waals surface area (Å²) in [6.07, 6.45) is 2.77. The molecule has 6 aromatic rings. The molecule has 6 aliphatic rings. The Morgan fingerprint density at radius 1 is 0.962 bits per heavy atom. The summed E-state index contributed by atoms with van der Waals surface area (Å²) < 4.78 is 34.5. The van der Waals surface area contributed by atoms with Crippen LogP contribution in [-0.4, -0.2) is 117 Å². The number of aromatic nitrogens is 4. The fraction of sp³-hybridized carbons (Fsp3) is 0.424. The molecular weight excluding hydrogens is 996 g/mol. The average Bonchev–Trinajstić information content (AvgIpc) is 4.10. The van der Waals surface area contributed by atoms with E-state index in [1.165, 1.54) is 27.0 Å². The van der Waals surface area contributed by atoms with Gasteiger partial charge in [-0.3, -0.25) is 9.59 Å². The lowest BCUT2D eigenvalue weighted by Gasteiger charge is -2.42. The maximum Gasteiger partial charge on any atom is 0.407 e. The van der Waals surface area contributed by atoms with Gasteiger partial charge in [-0.05, 0) is 106 Å². The van der Waals surface area contributed by atoms with Crippen molar-refractivity contribution in [2.45, 2.75) is 109 Å². The standard InChI is InChI=1S/C59H61FN10O8/c1-6-59(75)42-24-48-52-40(27-70(48)55(72)41(42)31-76-56(59)73)51-44(16-15-38-34(4)43(60)25-45(62-52)50(38)51)64-58(74)78-29-33(3)54(71)69-23-22-68(26-36(69)17-19-61)53-39-18-21-67(47-14-8-12-35-11-7-10-32(2)49(35)47)28-46(39)63-57(65-53)77-30-37-13-9-20-66(37)5/h7-8,10-12,14,24-25,36-37,44,75H,3,6,9,13,15-18,20-23,26-31H2,1-2,4-5H3,(H,64,74). The molecule has 402 valence electrons. The first-order chi connectivity index (χ1) is 37.6. The van der Waals surface area contributed by atoms with Crippen LogP contribution in [0.2, 0.25) is 0 Å². The van der Waals surface area contributed by atoms with Crippen molar-refractivity contribution in [2.75, 3.05) is 62.8 Å². The normalized spacial score (nSPS) is 21.4. The number of anilines is 2. The van der Waals surface area contributed by atoms with Crippen LogP contribution >= 0.6 is 0 Å². The van der Waals surface area contributed by atoms with Crippen LogP contribution in [0.15, 0.2) is 65.5 Å². The first-order valence-corrected chi connectivity index (χ1v) is 27.0. The molecule has 0 saturated carbocycles. The van der Waals surface area contributed by atoms with E-state index in [1.807, 2.05) is 0 Å². The lowest BCUT2D eigenvalue weighted by molar-refractivity contribution is -0.172. The van der Waals surface area contributed by atoms with E-state index in [-0.39, 0.29) is 55.3 Å². The Morgan fingerprint density at radius 3 is 2.56 bits per heavy atom. The highest BCUT2D eigenvalue weighted by atomic mass is 19.1. The molecule has 18 nitrogen and oxygen atoms in total. The number of benzene rings is 3. The SMILES string of the molecule is C=C(COC(=O)NC1CCc2c(C)c(F)cc3nc4c(c1c23)Cn1c-4cc2c(c1=O)COC(=O)C2(O)CC)C(=O)N1CCN(c2nc(OCC3CCCN3C)nc3c2CCN(c2cccc4cccc(C)c24)C3)CC1CC#N. The van der Waals surface area contributed by atoms with E-state index < -0.39 is 53.6 Å². The summed E-state index contributed by atoms with van der Waals surface area (Å²) in [4.78, 5) is 78.7. The maximum absolute atomic E-state index is 15.6. The number of nitrogens with one attached hydrogen (secondary N) is 1. The van der Waals surface area contributed by atoms with Crippen LogP contribution in [0, 0.1) is 31.0 Å². The van der Waals surface area contributed by atoms with E-state index in [9.17, 15) is 29.5 Å². The molecule has 8 heterocycles. The van der Waals surface area contributed by atoms with Crippen molar-refractivity contribution in [1.29, 1.82) is 5.26 Å². The fourth-order valence-electron chi connectivity index (χ4n) is 12.9. The predicted molar refractivity (Wildman–Crippen MR) is 288 cm³/mol. The summed E-state index contributed by atoms with van der Waals surface area (Å²) in [5.41, 5.74) is 5.64. The van der Waals surface area contributed by atoms with Crippen molar-refractivity contribution >= 4 is 51.2 Å². The topological polar surface area (TPSA) is 209 Å². The van der Waals surface area contributed by atoms with Gasteiger partial charge in [0.25, 0.3) is 11.5 Å². The molecule has 0 radical (unpaired) electrons. The molecule has 1 aliphatic carbocycles. The highest BCUT2D eigenvalue weighted by Gasteiger charge is 2.46. The number of aryl methyl sites for hydroxylation is 2. The van der Waals surface area contributed by atoms with E-state index in [0.717, 1.165) is 54.3 Å². The minimum atomic E-state index is -2.04. The van der Waals surface area contributed by atoms with Gasteiger partial charge in [0.1, 0.15) is 31.5 Å². The van der Waals surface area contributed by atoms with Gasteiger partial charge in [0.05, 0.1) is 65.8 Å². The lowest BCUT2D eigenvalue weighted by atomic mass is 9.81. The third-order valence-corrected chi connectivity index (χ3v) is 17.3. The second kappa shape index (κ2) is 19.8. The van der Waals surface area contributed by atoms with E-state index >= 15 is 4.39 Å². The van der Waals surface area contributed by atoms with E-state index in [2.05, 4.69) is 83.0 Å². The summed E-state index contributed by atoms with van der Waals surface area (Å²) in [7, 11) is 2.11. The number of hydrogen-bond donors (Lipinski definition) is 2. The average molecular weight is 1060 g/mol. The number of aliphatic hydroxyl groups is 1. The number of cyclic esters (lactones) is 1. The quantitative estimate of drug-likeness (QED) is 0.102. The van der Waals surface area contributed by atoms with Crippen LogP contribution in [0.1, 0.15) is 95.3 Å². The van der Waals surface area contributed by atoms with Crippen molar-refractivity contribution in [2.24, 2.45) is 0 Å². The van der Waals surface area contributed by atoms with Gasteiger partial charge in [-0.2, -0.15) is 15.2 Å². The maximum atomic E-state index is 15.6. The molecule has 3 aromatic carbocycles. The minimum absolute atomic E-state index is 0.0258. The van der Waals surface area contributed by atoms with E-state index in [1.54, 1.807) is 24.8 Å². The molecule has 5 aliphatic heterocycles. The van der Waals surface area contributed by atoms with Gasteiger partial charge in [-0.15, -0.1) is 0 Å². The third-order valence-electron chi connectivity index (χ3n) is 17.3. The van der Waals surface area contributed by atoms with E-state index in [0.29, 0.717) is 90.5 Å². The molecule has 4 unspecified atom stereocenters. The highest BCUT2D eigenvalue weighted by Crippen LogP contribution is 2.46. The molecule has 12 rings (SSSR count). The zero-order valence-electron chi connectivity index (χ0n) is 44.3. The van der Waals surface area contributed by atoms with Crippen LogP contribution in [0.3, 0.4) is 0 Å². The number of rotatable bonds is 11. The Balaban J connectivity index is 0.765. The second-order valence-corrected chi connectivity index (χ2v) is 21.7. The molecule has 2 amide bonds. The number of nitriles is 1. The number of fused-ring (bicyclic) bond motifs is 7. The summed E-state index contributed by atoms with van der Waals surface area (Å²) in [5, 5.41) is 27.7. The molecule has 78 heavy (non-hydrogen) atoms. The summed E-state index contributed by atoms with van der Waals surface area (Å²) in [5.74, 6) is -0.990. The second-order valence-electron chi connectivity index (χ2n) is 21.7. The number of alkyl carbamates (subject to hydrolysis) is 1. The number of likely N-dealkylation sites (N-methyl/N-ethyl adjacent to an activating group) is 1. The minimum Gasteiger partial charge on any atom is -0.462 e. The van der Waals surface area contributed by atoms with Gasteiger partial charge in [0, 0.05) is 77.0 Å². The molecule has 2 N–H and O–H groups in total. The Labute approximate surface area is 450 Å². The van der Waals surface area contributed by atoms with Gasteiger partial charge in [0.15, 0.2) is 5.60 Å². The smallest absolute Gasteiger partial charge is 0.407 e. The summed E-state index contributed by atoms with van der Waals surface area (Å²) >= 11 is 0. The van der Waals surface area contributed by atoms with Crippen molar-refractivity contribution in [3.8, 4) is 23.5 Å². The molecule has 3 aromatic heterocycles. The zero-order chi connectivity index (χ0) is 54.3. The number of carbonyl (C=O) groups excluding carboxylic acids is 3. The number of amides is 2. The summed E-state index contributed by atoms with van der Waals surface area (Å²) in [6, 6.07) is 17.3. The Bertz CT molecular complexity index is 3650. The van der Waals surface area contributed by atoms with Crippen molar-refractivity contribution < 1.29 is 38.1 Å². The van der Waals surface area contributed by atoms with Crippen molar-refractivity contribution in [3.05, 3.63) is 127 Å². The zero-order valence-corrected chi connectivity index (χ0v) is 44.3. The number of nitrogens with zero attached hydrogens (tertiary/aromatic N) is 9. The third kappa shape index (κ3) is 8.47. The van der Waals surface area contributed by atoms with Crippen molar-refractivity contribution in [1.82, 2.24) is 34.6 Å². The Kier molecular flexibility index (Phi) is 12.9. The molecule has 0 spiro atoms. The van der Waals surface area contributed by atoms with Crippen LogP contribution in [0.5, 0.6) is 6.01 Å². The number of hydrogen-bond acceptors (Lipinski definition) is 15. The number of pyridine rings is 2. The first-order valence-electron chi connectivity index (χ1n) is 27.0. The van der Waals surface area contributed by atoms with Crippen LogP contribution in [0.25, 0.3) is 33.1 Å². The van der Waals surface area contributed by atoms with Gasteiger partial charge in [-0.25, -0.2) is 19.0 Å². The first kappa shape index (κ1) is 50.8. The number of piperazine rings is 1. The Hall–Kier alpha value is -7.95. The molecular formula is C59H61FN10O8. The monoisotopic (exact) mass is 1060 g/mol. The van der Waals surface area contributed by atoms with E-state index in [4.69, 9.17) is 29.2 Å². The molecule has 0 bridgehead atoms. The molecule has 2 fully saturated rings. The molecule has 2 saturated heterocycles. The van der Waals surface area contributed by atoms with Gasteiger partial charge in [-0.1, -0.05) is 43.8 Å².